The van der Waals surface area contributed by atoms with Crippen molar-refractivity contribution < 1.29 is 8.42 Å². The first-order valence-electron chi connectivity index (χ1n) is 4.59. The third-order valence-electron chi connectivity index (χ3n) is 2.22. The monoisotopic (exact) mass is 232 g/mol. The highest BCUT2D eigenvalue weighted by Crippen LogP contribution is 2.09. The van der Waals surface area contributed by atoms with Gasteiger partial charge in [-0.3, -0.25) is 4.68 Å². The van der Waals surface area contributed by atoms with Crippen LogP contribution in [-0.4, -0.2) is 36.7 Å². The number of aromatic nitrogens is 2. The van der Waals surface area contributed by atoms with Crippen molar-refractivity contribution in [2.45, 2.75) is 18.5 Å². The van der Waals surface area contributed by atoms with Gasteiger partial charge in [0.05, 0.1) is 5.69 Å². The van der Waals surface area contributed by atoms with Crippen molar-refractivity contribution in [1.29, 1.82) is 0 Å². The van der Waals surface area contributed by atoms with Gasteiger partial charge in [-0.05, 0) is 13.6 Å². The molecule has 7 heteroatoms. The fourth-order valence-electron chi connectivity index (χ4n) is 1.15. The number of nitrogens with zero attached hydrogens (tertiary/aromatic N) is 3. The maximum absolute atomic E-state index is 11.0. The van der Waals surface area contributed by atoms with Crippen molar-refractivity contribution in [3.05, 3.63) is 11.8 Å². The Balaban J connectivity index is 2.97. The normalized spacial score (nSPS) is 12.3. The molecule has 1 rings (SSSR count). The van der Waals surface area contributed by atoms with Crippen molar-refractivity contribution in [3.63, 3.8) is 0 Å². The molecule has 0 unspecified atom stereocenters. The molecule has 0 aliphatic heterocycles. The van der Waals surface area contributed by atoms with Crippen LogP contribution in [0.15, 0.2) is 11.1 Å². The van der Waals surface area contributed by atoms with E-state index < -0.39 is 10.0 Å². The van der Waals surface area contributed by atoms with E-state index in [0.717, 1.165) is 12.2 Å². The van der Waals surface area contributed by atoms with E-state index in [1.165, 1.54) is 10.7 Å². The fraction of sp³-hybridized carbons (Fsp3) is 0.625. The Labute approximate surface area is 89.7 Å². The van der Waals surface area contributed by atoms with E-state index in [4.69, 9.17) is 5.14 Å². The van der Waals surface area contributed by atoms with Crippen LogP contribution in [0.3, 0.4) is 0 Å². The molecule has 0 bridgehead atoms. The second-order valence-corrected chi connectivity index (χ2v) is 4.98. The molecule has 2 N–H and O–H groups in total. The van der Waals surface area contributed by atoms with Crippen LogP contribution < -0.4 is 5.14 Å². The number of nitrogens with two attached hydrogens (primary N) is 1. The maximum Gasteiger partial charge on any atom is 0.257 e. The molecule has 0 saturated carbocycles. The van der Waals surface area contributed by atoms with Gasteiger partial charge in [-0.2, -0.15) is 5.10 Å². The maximum atomic E-state index is 11.0. The van der Waals surface area contributed by atoms with E-state index in [1.54, 1.807) is 7.05 Å². The Kier molecular flexibility index (Phi) is 3.48. The van der Waals surface area contributed by atoms with E-state index in [9.17, 15) is 8.42 Å². The number of sulfonamides is 1. The van der Waals surface area contributed by atoms with Crippen LogP contribution in [0.2, 0.25) is 0 Å². The topological polar surface area (TPSA) is 81.2 Å². The third kappa shape index (κ3) is 3.01. The van der Waals surface area contributed by atoms with Gasteiger partial charge in [0.1, 0.15) is 0 Å². The van der Waals surface area contributed by atoms with E-state index in [0.29, 0.717) is 6.54 Å². The molecule has 15 heavy (non-hydrogen) atoms. The molecular formula is C8H16N4O2S. The van der Waals surface area contributed by atoms with E-state index in [2.05, 4.69) is 5.10 Å². The summed E-state index contributed by atoms with van der Waals surface area (Å²) >= 11 is 0. The summed E-state index contributed by atoms with van der Waals surface area (Å²) in [5.74, 6) is 0. The Hall–Kier alpha value is -0.920. The molecule has 1 aromatic heterocycles. The smallest absolute Gasteiger partial charge is 0.257 e. The van der Waals surface area contributed by atoms with Gasteiger partial charge in [-0.1, -0.05) is 6.92 Å². The first-order valence-corrected chi connectivity index (χ1v) is 6.13. The molecule has 86 valence electrons. The number of hydrogen-bond acceptors (Lipinski definition) is 4. The van der Waals surface area contributed by atoms with Gasteiger partial charge >= 0.3 is 0 Å². The summed E-state index contributed by atoms with van der Waals surface area (Å²) in [6, 6.07) is 1.50. The summed E-state index contributed by atoms with van der Waals surface area (Å²) in [5.41, 5.74) is 0.823. The summed E-state index contributed by atoms with van der Waals surface area (Å²) < 4.78 is 23.6. The lowest BCUT2D eigenvalue weighted by molar-refractivity contribution is 0.335. The zero-order valence-corrected chi connectivity index (χ0v) is 9.95. The molecule has 1 aromatic rings. The van der Waals surface area contributed by atoms with Crippen molar-refractivity contribution in [1.82, 2.24) is 14.7 Å². The van der Waals surface area contributed by atoms with Crippen molar-refractivity contribution in [3.8, 4) is 0 Å². The molecule has 0 saturated heterocycles. The summed E-state index contributed by atoms with van der Waals surface area (Å²) in [6.07, 6.45) is 0. The highest BCUT2D eigenvalue weighted by Gasteiger charge is 2.15. The minimum atomic E-state index is -3.70. The highest BCUT2D eigenvalue weighted by molar-refractivity contribution is 7.89. The Morgan fingerprint density at radius 3 is 2.60 bits per heavy atom. The minimum Gasteiger partial charge on any atom is -0.301 e. The van der Waals surface area contributed by atoms with Crippen molar-refractivity contribution in [2.75, 3.05) is 13.6 Å². The lowest BCUT2D eigenvalue weighted by Gasteiger charge is -2.12. The number of primary sulfonamides is 1. The van der Waals surface area contributed by atoms with Gasteiger partial charge in [0.25, 0.3) is 10.0 Å². The van der Waals surface area contributed by atoms with E-state index in [-0.39, 0.29) is 5.03 Å². The first kappa shape index (κ1) is 12.2. The zero-order chi connectivity index (χ0) is 11.6. The second-order valence-electron chi connectivity index (χ2n) is 3.47. The standard InChI is InChI=1S/C8H16N4O2S/c1-4-11(2)6-7-5-8(10-12(7)3)15(9,13)14/h5H,4,6H2,1-3H3,(H2,9,13,14). The van der Waals surface area contributed by atoms with Crippen LogP contribution in [0.5, 0.6) is 0 Å². The minimum absolute atomic E-state index is 0.0792. The second kappa shape index (κ2) is 4.30. The Morgan fingerprint density at radius 1 is 1.60 bits per heavy atom. The van der Waals surface area contributed by atoms with Crippen LogP contribution in [0, 0.1) is 0 Å². The Morgan fingerprint density at radius 2 is 2.20 bits per heavy atom. The quantitative estimate of drug-likeness (QED) is 0.760. The predicted molar refractivity (Wildman–Crippen MR) is 56.6 cm³/mol. The number of hydrogen-bond donors (Lipinski definition) is 1. The third-order valence-corrected chi connectivity index (χ3v) is 3.00. The summed E-state index contributed by atoms with van der Waals surface area (Å²) in [4.78, 5) is 2.05. The van der Waals surface area contributed by atoms with Crippen LogP contribution >= 0.6 is 0 Å². The molecule has 0 amide bonds. The largest absolute Gasteiger partial charge is 0.301 e. The van der Waals surface area contributed by atoms with Crippen LogP contribution in [0.25, 0.3) is 0 Å². The molecule has 0 aliphatic rings. The molecule has 0 spiro atoms. The Bertz CT molecular complexity index is 437. The van der Waals surface area contributed by atoms with E-state index >= 15 is 0 Å². The van der Waals surface area contributed by atoms with E-state index in [1.807, 2.05) is 18.9 Å². The molecule has 0 aliphatic carbocycles. The summed E-state index contributed by atoms with van der Waals surface area (Å²) in [7, 11) is -0.0475. The van der Waals surface area contributed by atoms with Gasteiger partial charge in [-0.25, -0.2) is 13.6 Å². The molecule has 0 fully saturated rings. The van der Waals surface area contributed by atoms with Crippen LogP contribution in [-0.2, 0) is 23.6 Å². The molecule has 1 heterocycles. The van der Waals surface area contributed by atoms with Crippen LogP contribution in [0.4, 0.5) is 0 Å². The summed E-state index contributed by atoms with van der Waals surface area (Å²) in [5, 5.41) is 8.75. The number of rotatable bonds is 4. The SMILES string of the molecule is CCN(C)Cc1cc(S(N)(=O)=O)nn1C. The first-order chi connectivity index (χ1) is 6.84. The number of aryl methyl sites for hydroxylation is 1. The van der Waals surface area contributed by atoms with Gasteiger partial charge in [-0.15, -0.1) is 0 Å². The lowest BCUT2D eigenvalue weighted by Crippen LogP contribution is -2.18. The lowest BCUT2D eigenvalue weighted by atomic mass is 10.4. The van der Waals surface area contributed by atoms with Crippen molar-refractivity contribution in [2.24, 2.45) is 12.2 Å². The van der Waals surface area contributed by atoms with Gasteiger partial charge in [0.15, 0.2) is 5.03 Å². The van der Waals surface area contributed by atoms with Gasteiger partial charge in [0, 0.05) is 19.7 Å². The molecular weight excluding hydrogens is 216 g/mol. The molecule has 6 nitrogen and oxygen atoms in total. The molecule has 0 aromatic carbocycles. The molecule has 0 radical (unpaired) electrons. The van der Waals surface area contributed by atoms with Crippen molar-refractivity contribution >= 4 is 10.0 Å². The van der Waals surface area contributed by atoms with Gasteiger partial charge < -0.3 is 4.90 Å². The molecule has 0 atom stereocenters. The van der Waals surface area contributed by atoms with Crippen LogP contribution in [0.1, 0.15) is 12.6 Å². The summed E-state index contributed by atoms with van der Waals surface area (Å²) in [6.45, 7) is 3.56. The zero-order valence-electron chi connectivity index (χ0n) is 9.14. The average Bonchev–Trinajstić information content (AvgIpc) is 2.47. The van der Waals surface area contributed by atoms with Gasteiger partial charge in [0.2, 0.25) is 0 Å². The average molecular weight is 232 g/mol. The highest BCUT2D eigenvalue weighted by atomic mass is 32.2. The fourth-order valence-corrected chi connectivity index (χ4v) is 1.69. The predicted octanol–water partition coefficient (Wildman–Crippen LogP) is -0.481.